The van der Waals surface area contributed by atoms with Crippen LogP contribution in [0.2, 0.25) is 10.0 Å². The maximum absolute atomic E-state index is 6.21. The van der Waals surface area contributed by atoms with E-state index in [1.54, 1.807) is 25.3 Å². The Morgan fingerprint density at radius 2 is 1.92 bits per heavy atom. The monoisotopic (exact) mass is 362 g/mol. The van der Waals surface area contributed by atoms with Crippen molar-refractivity contribution < 1.29 is 4.74 Å². The Hall–Kier alpha value is -2.08. The van der Waals surface area contributed by atoms with E-state index in [0.717, 1.165) is 16.7 Å². The Kier molecular flexibility index (Phi) is 5.35. The van der Waals surface area contributed by atoms with Crippen LogP contribution < -0.4 is 10.6 Å². The molecule has 1 heterocycles. The number of methoxy groups -OCH3 is 1. The molecule has 0 aliphatic carbocycles. The van der Waals surface area contributed by atoms with Crippen molar-refractivity contribution in [3.8, 4) is 0 Å². The normalized spacial score (nSPS) is 10.8. The molecule has 0 saturated heterocycles. The zero-order valence-electron chi connectivity index (χ0n) is 13.0. The van der Waals surface area contributed by atoms with Crippen molar-refractivity contribution in [2.45, 2.75) is 0 Å². The van der Waals surface area contributed by atoms with Gasteiger partial charge in [0.1, 0.15) is 5.82 Å². The van der Waals surface area contributed by atoms with Gasteiger partial charge in [-0.3, -0.25) is 0 Å². The van der Waals surface area contributed by atoms with E-state index in [1.165, 1.54) is 0 Å². The highest BCUT2D eigenvalue weighted by molar-refractivity contribution is 6.36. The molecule has 0 saturated carbocycles. The van der Waals surface area contributed by atoms with Crippen LogP contribution in [0, 0.1) is 0 Å². The molecule has 3 aromatic rings. The molecule has 24 heavy (non-hydrogen) atoms. The van der Waals surface area contributed by atoms with Crippen LogP contribution in [-0.4, -0.2) is 30.2 Å². The molecule has 2 aromatic carbocycles. The van der Waals surface area contributed by atoms with Crippen molar-refractivity contribution in [3.05, 3.63) is 52.5 Å². The number of rotatable bonds is 6. The lowest BCUT2D eigenvalue weighted by molar-refractivity contribution is 0.210. The summed E-state index contributed by atoms with van der Waals surface area (Å²) in [6.45, 7) is 1.24. The van der Waals surface area contributed by atoms with E-state index in [1.807, 2.05) is 24.3 Å². The molecule has 0 aliphatic rings. The minimum absolute atomic E-state index is 0.456. The number of nitrogens with zero attached hydrogens (tertiary/aromatic N) is 2. The lowest BCUT2D eigenvalue weighted by atomic mass is 10.2. The molecule has 2 N–H and O–H groups in total. The molecule has 3 rings (SSSR count). The summed E-state index contributed by atoms with van der Waals surface area (Å²) in [5.41, 5.74) is 1.53. The molecule has 0 unspecified atom stereocenters. The first kappa shape index (κ1) is 16.8. The van der Waals surface area contributed by atoms with Gasteiger partial charge in [0.15, 0.2) is 0 Å². The van der Waals surface area contributed by atoms with Gasteiger partial charge in [0.05, 0.1) is 22.8 Å². The third-order valence-electron chi connectivity index (χ3n) is 3.38. The molecule has 0 fully saturated rings. The summed E-state index contributed by atoms with van der Waals surface area (Å²) < 4.78 is 5.08. The SMILES string of the molecule is COCCNc1nc(Nc2ccc(Cl)cc2Cl)nc2ccccc12. The quantitative estimate of drug-likeness (QED) is 0.620. The van der Waals surface area contributed by atoms with Crippen molar-refractivity contribution >= 4 is 51.6 Å². The van der Waals surface area contributed by atoms with Crippen molar-refractivity contribution in [2.24, 2.45) is 0 Å². The Morgan fingerprint density at radius 3 is 2.71 bits per heavy atom. The first-order chi connectivity index (χ1) is 11.7. The Bertz CT molecular complexity index is 857. The number of ether oxygens (including phenoxy) is 1. The number of fused-ring (bicyclic) bond motifs is 1. The number of aromatic nitrogens is 2. The van der Waals surface area contributed by atoms with E-state index in [9.17, 15) is 0 Å². The molecule has 0 bridgehead atoms. The highest BCUT2D eigenvalue weighted by atomic mass is 35.5. The molecule has 0 atom stereocenters. The van der Waals surface area contributed by atoms with Gasteiger partial charge >= 0.3 is 0 Å². The van der Waals surface area contributed by atoms with Crippen LogP contribution in [0.5, 0.6) is 0 Å². The minimum atomic E-state index is 0.456. The molecule has 7 heteroatoms. The van der Waals surface area contributed by atoms with Gasteiger partial charge in [-0.2, -0.15) is 4.98 Å². The van der Waals surface area contributed by atoms with Crippen LogP contribution in [0.3, 0.4) is 0 Å². The summed E-state index contributed by atoms with van der Waals surface area (Å²) in [6.07, 6.45) is 0. The largest absolute Gasteiger partial charge is 0.383 e. The van der Waals surface area contributed by atoms with E-state index in [0.29, 0.717) is 34.8 Å². The summed E-state index contributed by atoms with van der Waals surface area (Å²) in [5.74, 6) is 1.20. The van der Waals surface area contributed by atoms with Crippen molar-refractivity contribution in [2.75, 3.05) is 30.9 Å². The van der Waals surface area contributed by atoms with Crippen LogP contribution in [0.4, 0.5) is 17.5 Å². The number of anilines is 3. The highest BCUT2D eigenvalue weighted by Crippen LogP contribution is 2.29. The Morgan fingerprint density at radius 1 is 1.08 bits per heavy atom. The second-order valence-electron chi connectivity index (χ2n) is 5.08. The third-order valence-corrected chi connectivity index (χ3v) is 3.93. The maximum Gasteiger partial charge on any atom is 0.229 e. The van der Waals surface area contributed by atoms with Crippen LogP contribution in [0.15, 0.2) is 42.5 Å². The first-order valence-electron chi connectivity index (χ1n) is 7.39. The van der Waals surface area contributed by atoms with E-state index >= 15 is 0 Å². The van der Waals surface area contributed by atoms with E-state index in [-0.39, 0.29) is 0 Å². The summed E-state index contributed by atoms with van der Waals surface area (Å²) in [6, 6.07) is 13.0. The zero-order chi connectivity index (χ0) is 16.9. The van der Waals surface area contributed by atoms with Crippen molar-refractivity contribution in [3.63, 3.8) is 0 Å². The fourth-order valence-corrected chi connectivity index (χ4v) is 2.71. The van der Waals surface area contributed by atoms with Gasteiger partial charge in [-0.15, -0.1) is 0 Å². The van der Waals surface area contributed by atoms with Crippen molar-refractivity contribution in [1.29, 1.82) is 0 Å². The summed E-state index contributed by atoms with van der Waals surface area (Å²) in [7, 11) is 1.66. The first-order valence-corrected chi connectivity index (χ1v) is 8.14. The highest BCUT2D eigenvalue weighted by Gasteiger charge is 2.09. The van der Waals surface area contributed by atoms with Crippen LogP contribution in [0.1, 0.15) is 0 Å². The maximum atomic E-state index is 6.21. The third kappa shape index (κ3) is 3.87. The van der Waals surface area contributed by atoms with Gasteiger partial charge in [0.2, 0.25) is 5.95 Å². The van der Waals surface area contributed by atoms with Gasteiger partial charge in [-0.1, -0.05) is 35.3 Å². The van der Waals surface area contributed by atoms with Gasteiger partial charge in [0, 0.05) is 24.1 Å². The number of benzene rings is 2. The number of hydrogen-bond acceptors (Lipinski definition) is 5. The smallest absolute Gasteiger partial charge is 0.229 e. The fourth-order valence-electron chi connectivity index (χ4n) is 2.25. The topological polar surface area (TPSA) is 59.1 Å². The van der Waals surface area contributed by atoms with Gasteiger partial charge in [-0.25, -0.2) is 4.98 Å². The molecule has 1 aromatic heterocycles. The van der Waals surface area contributed by atoms with Crippen LogP contribution in [-0.2, 0) is 4.74 Å². The lowest BCUT2D eigenvalue weighted by Crippen LogP contribution is -2.10. The summed E-state index contributed by atoms with van der Waals surface area (Å²) in [5, 5.41) is 8.44. The van der Waals surface area contributed by atoms with Crippen LogP contribution in [0.25, 0.3) is 10.9 Å². The van der Waals surface area contributed by atoms with E-state index in [4.69, 9.17) is 27.9 Å². The second-order valence-corrected chi connectivity index (χ2v) is 5.93. The predicted octanol–water partition coefficient (Wildman–Crippen LogP) is 4.74. The van der Waals surface area contributed by atoms with Gasteiger partial charge in [0.25, 0.3) is 0 Å². The molecule has 0 radical (unpaired) electrons. The van der Waals surface area contributed by atoms with Gasteiger partial charge < -0.3 is 15.4 Å². The average molecular weight is 363 g/mol. The molecular weight excluding hydrogens is 347 g/mol. The summed E-state index contributed by atoms with van der Waals surface area (Å²) >= 11 is 12.1. The predicted molar refractivity (Wildman–Crippen MR) is 99.6 cm³/mol. The molecule has 5 nitrogen and oxygen atoms in total. The zero-order valence-corrected chi connectivity index (χ0v) is 14.5. The lowest BCUT2D eigenvalue weighted by Gasteiger charge is -2.12. The molecule has 0 amide bonds. The van der Waals surface area contributed by atoms with E-state index < -0.39 is 0 Å². The number of hydrogen-bond donors (Lipinski definition) is 2. The molecule has 124 valence electrons. The standard InChI is InChI=1S/C17H16Cl2N4O/c1-24-9-8-20-16-12-4-2-3-5-14(12)21-17(23-16)22-15-7-6-11(18)10-13(15)19/h2-7,10H,8-9H2,1H3,(H2,20,21,22,23). The average Bonchev–Trinajstić information content (AvgIpc) is 2.57. The van der Waals surface area contributed by atoms with E-state index in [2.05, 4.69) is 20.6 Å². The van der Waals surface area contributed by atoms with Crippen LogP contribution >= 0.6 is 23.2 Å². The van der Waals surface area contributed by atoms with Gasteiger partial charge in [-0.05, 0) is 30.3 Å². The Labute approximate surface area is 150 Å². The fraction of sp³-hybridized carbons (Fsp3) is 0.176. The van der Waals surface area contributed by atoms with Crippen molar-refractivity contribution in [1.82, 2.24) is 9.97 Å². The number of para-hydroxylation sites is 1. The summed E-state index contributed by atoms with van der Waals surface area (Å²) in [4.78, 5) is 9.09. The molecular formula is C17H16Cl2N4O. The number of nitrogens with one attached hydrogen (secondary N) is 2. The molecule has 0 aliphatic heterocycles. The molecule has 0 spiro atoms. The number of halogens is 2. The second kappa shape index (κ2) is 7.66. The minimum Gasteiger partial charge on any atom is -0.383 e. The Balaban J connectivity index is 1.95.